The van der Waals surface area contributed by atoms with Gasteiger partial charge in [-0.1, -0.05) is 18.2 Å². The number of nitriles is 1. The van der Waals surface area contributed by atoms with E-state index < -0.39 is 0 Å². The van der Waals surface area contributed by atoms with Crippen molar-refractivity contribution in [1.82, 2.24) is 4.90 Å². The molecule has 6 heteroatoms. The molecule has 0 spiro atoms. The Morgan fingerprint density at radius 3 is 2.39 bits per heavy atom. The van der Waals surface area contributed by atoms with Crippen LogP contribution in [0.25, 0.3) is 0 Å². The molecule has 2 aromatic carbocycles. The van der Waals surface area contributed by atoms with Crippen LogP contribution in [0.4, 0.5) is 0 Å². The first-order chi connectivity index (χ1) is 14.8. The number of nitrogens with two attached hydrogens (primary N) is 1. The van der Waals surface area contributed by atoms with Gasteiger partial charge >= 0.3 is 0 Å². The van der Waals surface area contributed by atoms with Gasteiger partial charge in [-0.3, -0.25) is 10.2 Å². The zero-order chi connectivity index (χ0) is 22.7. The Morgan fingerprint density at radius 2 is 1.81 bits per heavy atom. The quantitative estimate of drug-likeness (QED) is 0.701. The fraction of sp³-hybridized carbons (Fsp3) is 0.320. The summed E-state index contributed by atoms with van der Waals surface area (Å²) in [5, 5.41) is 17.5. The Balaban J connectivity index is 1.79. The first kappa shape index (κ1) is 22.3. The lowest BCUT2D eigenvalue weighted by Gasteiger charge is -2.40. The molecular weight excluding hydrogens is 388 g/mol. The number of ether oxygens (including phenoxy) is 1. The highest BCUT2D eigenvalue weighted by Crippen LogP contribution is 2.30. The molecule has 0 aliphatic carbocycles. The second kappa shape index (κ2) is 9.15. The first-order valence-corrected chi connectivity index (χ1v) is 10.2. The van der Waals surface area contributed by atoms with Crippen molar-refractivity contribution >= 4 is 11.6 Å². The molecule has 0 saturated carbocycles. The summed E-state index contributed by atoms with van der Waals surface area (Å²) < 4.78 is 5.08. The smallest absolute Gasteiger partial charge is 0.254 e. The molecule has 1 amide bonds. The molecule has 0 aromatic heterocycles. The molecule has 3 rings (SSSR count). The fourth-order valence-electron chi connectivity index (χ4n) is 3.83. The second-order valence-electron chi connectivity index (χ2n) is 8.08. The Morgan fingerprint density at radius 1 is 1.19 bits per heavy atom. The predicted octanol–water partition coefficient (Wildman–Crippen LogP) is 3.66. The number of allylic oxidation sites excluding steroid dienone is 1. The number of hydrogen-bond acceptors (Lipinski definition) is 5. The maximum Gasteiger partial charge on any atom is 0.254 e. The van der Waals surface area contributed by atoms with Gasteiger partial charge in [0, 0.05) is 42.9 Å². The number of aryl methyl sites for hydroxylation is 2. The molecule has 0 radical (unpaired) electrons. The Hall–Kier alpha value is -3.43. The summed E-state index contributed by atoms with van der Waals surface area (Å²) in [5.41, 5.74) is 12.4. The number of carbonyl (C=O) groups excluding carboxylic acids is 1. The van der Waals surface area contributed by atoms with Crippen LogP contribution in [0, 0.1) is 30.6 Å². The average molecular weight is 417 g/mol. The third-order valence-electron chi connectivity index (χ3n) is 5.91. The standard InChI is InChI=1S/C25H28N4O2/c1-15-9-16(2)22(10-21(15)24(28)17(3)23(27)14-31-4)25(30)29-12-20(13-29)19-7-5-18(11-26)6-8-19/h5-10,20,28H,12-14,27H2,1-4H3/b23-17-,28-24?. The van der Waals surface area contributed by atoms with Gasteiger partial charge in [-0.25, -0.2) is 0 Å². The van der Waals surface area contributed by atoms with Crippen LogP contribution in [-0.4, -0.2) is 43.3 Å². The molecule has 1 fully saturated rings. The molecule has 2 aromatic rings. The number of methoxy groups -OCH3 is 1. The molecule has 160 valence electrons. The minimum atomic E-state index is -0.0251. The van der Waals surface area contributed by atoms with Crippen LogP contribution in [0.3, 0.4) is 0 Å². The van der Waals surface area contributed by atoms with Crippen molar-refractivity contribution < 1.29 is 9.53 Å². The van der Waals surface area contributed by atoms with Gasteiger partial charge in [0.1, 0.15) is 0 Å². The molecule has 3 N–H and O–H groups in total. The summed E-state index contributed by atoms with van der Waals surface area (Å²) >= 11 is 0. The Labute approximate surface area is 183 Å². The van der Waals surface area contributed by atoms with Crippen LogP contribution in [0.5, 0.6) is 0 Å². The summed E-state index contributed by atoms with van der Waals surface area (Å²) in [6, 6.07) is 13.4. The lowest BCUT2D eigenvalue weighted by molar-refractivity contribution is 0.0601. The molecule has 1 aliphatic heterocycles. The highest BCUT2D eigenvalue weighted by molar-refractivity contribution is 6.12. The van der Waals surface area contributed by atoms with E-state index in [0.29, 0.717) is 46.8 Å². The molecule has 1 saturated heterocycles. The van der Waals surface area contributed by atoms with Gasteiger partial charge < -0.3 is 15.4 Å². The van der Waals surface area contributed by atoms with Crippen LogP contribution in [0.2, 0.25) is 0 Å². The van der Waals surface area contributed by atoms with Crippen molar-refractivity contribution in [3.8, 4) is 6.07 Å². The van der Waals surface area contributed by atoms with Gasteiger partial charge in [0.15, 0.2) is 0 Å². The minimum absolute atomic E-state index is 0.0251. The van der Waals surface area contributed by atoms with Gasteiger partial charge in [0.2, 0.25) is 0 Å². The van der Waals surface area contributed by atoms with E-state index in [-0.39, 0.29) is 18.4 Å². The number of nitrogens with one attached hydrogen (secondary N) is 1. The maximum absolute atomic E-state index is 13.2. The summed E-state index contributed by atoms with van der Waals surface area (Å²) in [6.45, 7) is 7.21. The van der Waals surface area contributed by atoms with Crippen LogP contribution in [0.15, 0.2) is 47.7 Å². The van der Waals surface area contributed by atoms with E-state index >= 15 is 0 Å². The van der Waals surface area contributed by atoms with Crippen LogP contribution in [-0.2, 0) is 4.74 Å². The molecule has 31 heavy (non-hydrogen) atoms. The van der Waals surface area contributed by atoms with Crippen molar-refractivity contribution in [1.29, 1.82) is 10.7 Å². The monoisotopic (exact) mass is 416 g/mol. The normalized spacial score (nSPS) is 14.5. The van der Waals surface area contributed by atoms with Gasteiger partial charge in [-0.2, -0.15) is 5.26 Å². The largest absolute Gasteiger partial charge is 0.400 e. The van der Waals surface area contributed by atoms with Crippen molar-refractivity contribution in [2.45, 2.75) is 26.7 Å². The van der Waals surface area contributed by atoms with Crippen LogP contribution >= 0.6 is 0 Å². The van der Waals surface area contributed by atoms with Crippen molar-refractivity contribution in [2.75, 3.05) is 26.8 Å². The zero-order valence-electron chi connectivity index (χ0n) is 18.5. The number of amides is 1. The van der Waals surface area contributed by atoms with E-state index in [0.717, 1.165) is 16.7 Å². The molecule has 6 nitrogen and oxygen atoms in total. The topological polar surface area (TPSA) is 103 Å². The number of benzene rings is 2. The lowest BCUT2D eigenvalue weighted by Crippen LogP contribution is -2.48. The van der Waals surface area contributed by atoms with Crippen molar-refractivity contribution in [2.24, 2.45) is 5.73 Å². The summed E-state index contributed by atoms with van der Waals surface area (Å²) in [7, 11) is 1.57. The van der Waals surface area contributed by atoms with Crippen molar-refractivity contribution in [3.05, 3.63) is 81.0 Å². The summed E-state index contributed by atoms with van der Waals surface area (Å²) in [5.74, 6) is 0.252. The molecule has 0 unspecified atom stereocenters. The molecular formula is C25H28N4O2. The molecule has 1 heterocycles. The number of likely N-dealkylation sites (tertiary alicyclic amines) is 1. The first-order valence-electron chi connectivity index (χ1n) is 10.2. The highest BCUT2D eigenvalue weighted by Gasteiger charge is 2.33. The maximum atomic E-state index is 13.2. The lowest BCUT2D eigenvalue weighted by atomic mass is 9.89. The van der Waals surface area contributed by atoms with Crippen molar-refractivity contribution in [3.63, 3.8) is 0 Å². The molecule has 1 aliphatic rings. The zero-order valence-corrected chi connectivity index (χ0v) is 18.5. The summed E-state index contributed by atoms with van der Waals surface area (Å²) in [4.78, 5) is 15.0. The van der Waals surface area contributed by atoms with E-state index in [4.69, 9.17) is 21.1 Å². The predicted molar refractivity (Wildman–Crippen MR) is 121 cm³/mol. The SMILES string of the molecule is COC/C(N)=C(\C)C(=N)c1cc(C(=O)N2CC(c3ccc(C#N)cc3)C2)c(C)cc1C. The van der Waals surface area contributed by atoms with Crippen LogP contribution < -0.4 is 5.73 Å². The Kier molecular flexibility index (Phi) is 6.57. The van der Waals surface area contributed by atoms with E-state index in [9.17, 15) is 4.79 Å². The number of hydrogen-bond donors (Lipinski definition) is 2. The van der Waals surface area contributed by atoms with E-state index in [1.54, 1.807) is 14.0 Å². The van der Waals surface area contributed by atoms with E-state index in [1.807, 2.05) is 55.1 Å². The van der Waals surface area contributed by atoms with Gasteiger partial charge in [0.05, 0.1) is 24.0 Å². The van der Waals surface area contributed by atoms with E-state index in [2.05, 4.69) is 6.07 Å². The number of nitrogens with zero attached hydrogens (tertiary/aromatic N) is 2. The van der Waals surface area contributed by atoms with Crippen LogP contribution in [0.1, 0.15) is 51.0 Å². The third kappa shape index (κ3) is 4.52. The van der Waals surface area contributed by atoms with Gasteiger partial charge in [-0.15, -0.1) is 0 Å². The average Bonchev–Trinajstić information content (AvgIpc) is 2.72. The minimum Gasteiger partial charge on any atom is -0.400 e. The van der Waals surface area contributed by atoms with E-state index in [1.165, 1.54) is 0 Å². The van der Waals surface area contributed by atoms with Gasteiger partial charge in [0.25, 0.3) is 5.91 Å². The third-order valence-corrected chi connectivity index (χ3v) is 5.91. The van der Waals surface area contributed by atoms with Gasteiger partial charge in [-0.05, 0) is 61.2 Å². The Bertz CT molecular complexity index is 1090. The molecule has 0 atom stereocenters. The molecule has 0 bridgehead atoms. The second-order valence-corrected chi connectivity index (χ2v) is 8.08. The fourth-order valence-corrected chi connectivity index (χ4v) is 3.83. The summed E-state index contributed by atoms with van der Waals surface area (Å²) in [6.07, 6.45) is 0. The number of carbonyl (C=O) groups is 1. The highest BCUT2D eigenvalue weighted by atomic mass is 16.5. The number of rotatable bonds is 6.